The Morgan fingerprint density at radius 2 is 2.24 bits per heavy atom. The molecule has 1 N–H and O–H groups in total. The first-order chi connectivity index (χ1) is 7.99. The molecule has 7 nitrogen and oxygen atoms in total. The molecule has 0 amide bonds. The minimum absolute atomic E-state index is 0.0542. The molecule has 7 heteroatoms. The van der Waals surface area contributed by atoms with Gasteiger partial charge in [0.25, 0.3) is 5.69 Å². The van der Waals surface area contributed by atoms with E-state index in [4.69, 9.17) is 9.84 Å². The number of methoxy groups -OCH3 is 1. The number of carbonyl (C=O) groups excluding carboxylic acids is 1. The minimum atomic E-state index is -1.18. The molecule has 90 valence electrons. The Morgan fingerprint density at radius 3 is 2.65 bits per heavy atom. The fourth-order valence-corrected chi connectivity index (χ4v) is 1.38. The molecule has 0 aliphatic rings. The number of carbonyl (C=O) groups is 2. The third-order valence-corrected chi connectivity index (χ3v) is 2.11. The monoisotopic (exact) mass is 239 g/mol. The van der Waals surface area contributed by atoms with Crippen LogP contribution in [-0.4, -0.2) is 29.4 Å². The fraction of sp³-hybridized carbons (Fsp3) is 0.200. The molecule has 17 heavy (non-hydrogen) atoms. The smallest absolute Gasteiger partial charge is 0.307 e. The van der Waals surface area contributed by atoms with Gasteiger partial charge in [-0.25, -0.2) is 0 Å². The van der Waals surface area contributed by atoms with Gasteiger partial charge in [0.2, 0.25) is 0 Å². The lowest BCUT2D eigenvalue weighted by Gasteiger charge is -2.06. The number of carboxylic acids is 1. The normalized spacial score (nSPS) is 9.71. The summed E-state index contributed by atoms with van der Waals surface area (Å²) in [6, 6.07) is 2.37. The molecule has 0 heterocycles. The van der Waals surface area contributed by atoms with E-state index in [-0.39, 0.29) is 23.2 Å². The van der Waals surface area contributed by atoms with E-state index in [1.807, 2.05) is 0 Å². The van der Waals surface area contributed by atoms with Crippen molar-refractivity contribution < 1.29 is 24.4 Å². The van der Waals surface area contributed by atoms with Gasteiger partial charge in [0.05, 0.1) is 30.1 Å². The Kier molecular flexibility index (Phi) is 3.76. The van der Waals surface area contributed by atoms with E-state index < -0.39 is 23.0 Å². The van der Waals surface area contributed by atoms with E-state index >= 15 is 0 Å². The van der Waals surface area contributed by atoms with Crippen LogP contribution in [0.15, 0.2) is 12.1 Å². The van der Waals surface area contributed by atoms with Crippen LogP contribution in [0.5, 0.6) is 5.75 Å². The topological polar surface area (TPSA) is 107 Å². The Hall–Kier alpha value is -2.44. The Morgan fingerprint density at radius 1 is 1.59 bits per heavy atom. The zero-order valence-corrected chi connectivity index (χ0v) is 8.87. The van der Waals surface area contributed by atoms with Gasteiger partial charge in [-0.15, -0.1) is 0 Å². The average Bonchev–Trinajstić information content (AvgIpc) is 2.26. The third-order valence-electron chi connectivity index (χ3n) is 2.11. The molecule has 0 atom stereocenters. The van der Waals surface area contributed by atoms with Crippen LogP contribution < -0.4 is 4.74 Å². The van der Waals surface area contributed by atoms with Gasteiger partial charge in [0.15, 0.2) is 6.29 Å². The summed E-state index contributed by atoms with van der Waals surface area (Å²) in [7, 11) is 1.30. The molecule has 0 radical (unpaired) electrons. The standard InChI is InChI=1S/C10H9NO6/c1-17-7-2-6(3-10(13)14)8(5-12)9(4-7)11(15)16/h2,4-5H,3H2,1H3,(H,13,14). The molecule has 0 aliphatic carbocycles. The molecule has 0 unspecified atom stereocenters. The zero-order chi connectivity index (χ0) is 13.0. The van der Waals surface area contributed by atoms with Gasteiger partial charge >= 0.3 is 5.97 Å². The maximum Gasteiger partial charge on any atom is 0.307 e. The first kappa shape index (κ1) is 12.6. The highest BCUT2D eigenvalue weighted by Gasteiger charge is 2.20. The van der Waals surface area contributed by atoms with Gasteiger partial charge < -0.3 is 9.84 Å². The van der Waals surface area contributed by atoms with Crippen LogP contribution in [0.3, 0.4) is 0 Å². The summed E-state index contributed by atoms with van der Waals surface area (Å²) in [5, 5.41) is 19.4. The summed E-state index contributed by atoms with van der Waals surface area (Å²) in [4.78, 5) is 31.4. The quantitative estimate of drug-likeness (QED) is 0.467. The lowest BCUT2D eigenvalue weighted by Crippen LogP contribution is -2.06. The number of hydrogen-bond donors (Lipinski definition) is 1. The lowest BCUT2D eigenvalue weighted by molar-refractivity contribution is -0.385. The van der Waals surface area contributed by atoms with Crippen molar-refractivity contribution in [3.05, 3.63) is 33.4 Å². The summed E-state index contributed by atoms with van der Waals surface area (Å²) in [5.74, 6) is -1.05. The summed E-state index contributed by atoms with van der Waals surface area (Å²) < 4.78 is 4.81. The molecule has 0 saturated heterocycles. The second-order valence-electron chi connectivity index (χ2n) is 3.16. The number of aliphatic carboxylic acids is 1. The molecule has 0 spiro atoms. The number of nitrogens with zero attached hydrogens (tertiary/aromatic N) is 1. The van der Waals surface area contributed by atoms with Gasteiger partial charge in [0, 0.05) is 0 Å². The van der Waals surface area contributed by atoms with Crippen molar-refractivity contribution in [3.8, 4) is 5.75 Å². The van der Waals surface area contributed by atoms with Gasteiger partial charge in [0.1, 0.15) is 5.75 Å². The van der Waals surface area contributed by atoms with Crippen molar-refractivity contribution in [1.82, 2.24) is 0 Å². The number of rotatable bonds is 5. The fourth-order valence-electron chi connectivity index (χ4n) is 1.38. The van der Waals surface area contributed by atoms with E-state index in [9.17, 15) is 19.7 Å². The van der Waals surface area contributed by atoms with Crippen LogP contribution in [0.25, 0.3) is 0 Å². The van der Waals surface area contributed by atoms with E-state index in [0.717, 1.165) is 6.07 Å². The number of nitro benzene ring substituents is 1. The molecule has 0 aromatic heterocycles. The van der Waals surface area contributed by atoms with Gasteiger partial charge in [-0.3, -0.25) is 19.7 Å². The predicted molar refractivity (Wildman–Crippen MR) is 56.4 cm³/mol. The summed E-state index contributed by atoms with van der Waals surface area (Å²) in [5.41, 5.74) is -0.646. The molecule has 1 aromatic carbocycles. The van der Waals surface area contributed by atoms with Gasteiger partial charge in [-0.2, -0.15) is 0 Å². The molecular weight excluding hydrogens is 230 g/mol. The highest BCUT2D eigenvalue weighted by Crippen LogP contribution is 2.27. The highest BCUT2D eigenvalue weighted by molar-refractivity contribution is 5.87. The molecule has 0 fully saturated rings. The van der Waals surface area contributed by atoms with Crippen LogP contribution in [0.4, 0.5) is 5.69 Å². The van der Waals surface area contributed by atoms with Crippen molar-refractivity contribution in [2.75, 3.05) is 7.11 Å². The van der Waals surface area contributed by atoms with Crippen LogP contribution >= 0.6 is 0 Å². The summed E-state index contributed by atoms with van der Waals surface area (Å²) >= 11 is 0. The maximum absolute atomic E-state index is 10.8. The molecule has 1 rings (SSSR count). The molecule has 0 aliphatic heterocycles. The van der Waals surface area contributed by atoms with Crippen LogP contribution in [0.1, 0.15) is 15.9 Å². The van der Waals surface area contributed by atoms with Crippen molar-refractivity contribution in [2.24, 2.45) is 0 Å². The number of benzene rings is 1. The number of carboxylic acid groups (broad SMARTS) is 1. The molecule has 0 saturated carbocycles. The Balaban J connectivity index is 3.44. The molecular formula is C10H9NO6. The van der Waals surface area contributed by atoms with Crippen LogP contribution in [0.2, 0.25) is 0 Å². The second kappa shape index (κ2) is 5.06. The number of hydrogen-bond acceptors (Lipinski definition) is 5. The number of ether oxygens (including phenoxy) is 1. The van der Waals surface area contributed by atoms with Crippen LogP contribution in [0, 0.1) is 10.1 Å². The first-order valence-electron chi connectivity index (χ1n) is 4.52. The van der Waals surface area contributed by atoms with Crippen molar-refractivity contribution >= 4 is 17.9 Å². The zero-order valence-electron chi connectivity index (χ0n) is 8.87. The van der Waals surface area contributed by atoms with Crippen molar-refractivity contribution in [1.29, 1.82) is 0 Å². The van der Waals surface area contributed by atoms with Crippen LogP contribution in [-0.2, 0) is 11.2 Å². The first-order valence-corrected chi connectivity index (χ1v) is 4.52. The Labute approximate surface area is 95.8 Å². The van der Waals surface area contributed by atoms with Gasteiger partial charge in [-0.1, -0.05) is 0 Å². The van der Waals surface area contributed by atoms with E-state index in [2.05, 4.69) is 0 Å². The molecule has 1 aromatic rings. The minimum Gasteiger partial charge on any atom is -0.496 e. The number of nitro groups is 1. The van der Waals surface area contributed by atoms with E-state index in [0.29, 0.717) is 0 Å². The Bertz CT molecular complexity index is 482. The SMILES string of the molecule is COc1cc(CC(=O)O)c(C=O)c([N+](=O)[O-])c1. The summed E-state index contributed by atoms with van der Waals surface area (Å²) in [6.45, 7) is 0. The van der Waals surface area contributed by atoms with Crippen molar-refractivity contribution in [3.63, 3.8) is 0 Å². The average molecular weight is 239 g/mol. The summed E-state index contributed by atoms with van der Waals surface area (Å²) in [6.07, 6.45) is -0.206. The third kappa shape index (κ3) is 2.77. The largest absolute Gasteiger partial charge is 0.496 e. The van der Waals surface area contributed by atoms with E-state index in [1.165, 1.54) is 13.2 Å². The highest BCUT2D eigenvalue weighted by atomic mass is 16.6. The molecule has 0 bridgehead atoms. The second-order valence-corrected chi connectivity index (χ2v) is 3.16. The lowest BCUT2D eigenvalue weighted by atomic mass is 10.0. The van der Waals surface area contributed by atoms with Crippen molar-refractivity contribution in [2.45, 2.75) is 6.42 Å². The van der Waals surface area contributed by atoms with E-state index in [1.54, 1.807) is 0 Å². The predicted octanol–water partition coefficient (Wildman–Crippen LogP) is 1.04. The maximum atomic E-state index is 10.8. The number of aldehydes is 1. The van der Waals surface area contributed by atoms with Gasteiger partial charge in [-0.05, 0) is 11.6 Å².